The van der Waals surface area contributed by atoms with Crippen molar-refractivity contribution in [2.45, 2.75) is 6.18 Å². The third-order valence-electron chi connectivity index (χ3n) is 2.65. The fourth-order valence-corrected chi connectivity index (χ4v) is 1.64. The number of nitrogens with zero attached hydrogens (tertiary/aromatic N) is 1. The molecule has 18 heavy (non-hydrogen) atoms. The van der Waals surface area contributed by atoms with Crippen molar-refractivity contribution in [2.75, 3.05) is 0 Å². The topological polar surface area (TPSA) is 12.9 Å². The van der Waals surface area contributed by atoms with E-state index in [2.05, 4.69) is 18.1 Å². The molecule has 0 aliphatic carbocycles. The Balaban J connectivity index is 2.63. The second-order valence-corrected chi connectivity index (χ2v) is 3.90. The van der Waals surface area contributed by atoms with E-state index in [0.29, 0.717) is 21.6 Å². The zero-order chi connectivity index (χ0) is 13.3. The summed E-state index contributed by atoms with van der Waals surface area (Å²) in [6, 6.07) is 5.09. The molecule has 0 atom stereocenters. The van der Waals surface area contributed by atoms with Gasteiger partial charge >= 0.3 is 6.18 Å². The maximum absolute atomic E-state index is 12.6. The fraction of sp³-hybridized carbons (Fsp3) is 0.0714. The van der Waals surface area contributed by atoms with Gasteiger partial charge in [0.1, 0.15) is 0 Å². The largest absolute Gasteiger partial charge is 0.416 e. The van der Waals surface area contributed by atoms with Gasteiger partial charge in [0.05, 0.1) is 5.56 Å². The molecule has 0 unspecified atom stereocenters. The predicted molar refractivity (Wildman–Crippen MR) is 65.0 cm³/mol. The van der Waals surface area contributed by atoms with Crippen molar-refractivity contribution in [1.82, 2.24) is 4.98 Å². The van der Waals surface area contributed by atoms with Crippen LogP contribution in [0.2, 0.25) is 0 Å². The highest BCUT2D eigenvalue weighted by atomic mass is 19.4. The smallest absolute Gasteiger partial charge is 0.263 e. The number of rotatable bonds is 1. The van der Waals surface area contributed by atoms with E-state index >= 15 is 0 Å². The Morgan fingerprint density at radius 1 is 1.06 bits per heavy atom. The Bertz CT molecular complexity index is 674. The third kappa shape index (κ3) is 2.27. The number of alkyl halides is 3. The van der Waals surface area contributed by atoms with E-state index in [1.165, 1.54) is 18.5 Å². The average Bonchev–Trinajstić information content (AvgIpc) is 2.32. The maximum atomic E-state index is 12.6. The highest BCUT2D eigenvalue weighted by molar-refractivity contribution is 5.64. The van der Waals surface area contributed by atoms with Gasteiger partial charge in [0.25, 0.3) is 0 Å². The van der Waals surface area contributed by atoms with Crippen LogP contribution in [0.1, 0.15) is 5.56 Å². The van der Waals surface area contributed by atoms with Crippen LogP contribution in [-0.4, -0.2) is 4.98 Å². The van der Waals surface area contributed by atoms with E-state index in [1.807, 2.05) is 0 Å². The molecule has 0 spiro atoms. The van der Waals surface area contributed by atoms with Gasteiger partial charge in [-0.2, -0.15) is 13.2 Å². The van der Waals surface area contributed by atoms with Gasteiger partial charge in [-0.3, -0.25) is 4.98 Å². The van der Waals surface area contributed by atoms with Crippen LogP contribution in [0.4, 0.5) is 13.2 Å². The van der Waals surface area contributed by atoms with Crippen LogP contribution in [-0.2, 0) is 6.18 Å². The number of benzene rings is 1. The molecule has 0 saturated heterocycles. The summed E-state index contributed by atoms with van der Waals surface area (Å²) in [7, 11) is 0. The van der Waals surface area contributed by atoms with E-state index in [-0.39, 0.29) is 0 Å². The Morgan fingerprint density at radius 3 is 2.44 bits per heavy atom. The number of hydrogen-bond acceptors (Lipinski definition) is 1. The van der Waals surface area contributed by atoms with Crippen molar-refractivity contribution < 1.29 is 13.2 Å². The van der Waals surface area contributed by atoms with Crippen molar-refractivity contribution in [3.05, 3.63) is 52.7 Å². The molecular weight excluding hydrogens is 239 g/mol. The highest BCUT2D eigenvalue weighted by Crippen LogP contribution is 2.31. The molecule has 1 nitrogen and oxygen atoms in total. The number of halogens is 3. The Morgan fingerprint density at radius 2 is 1.78 bits per heavy atom. The summed E-state index contributed by atoms with van der Waals surface area (Å²) in [6.45, 7) is 7.53. The molecule has 0 bridgehead atoms. The minimum Gasteiger partial charge on any atom is -0.263 e. The van der Waals surface area contributed by atoms with E-state index in [0.717, 1.165) is 12.1 Å². The van der Waals surface area contributed by atoms with Gasteiger partial charge in [-0.1, -0.05) is 25.3 Å². The first-order valence-electron chi connectivity index (χ1n) is 5.19. The summed E-state index contributed by atoms with van der Waals surface area (Å²) < 4.78 is 37.9. The first-order valence-corrected chi connectivity index (χ1v) is 5.19. The van der Waals surface area contributed by atoms with Crippen LogP contribution in [0.15, 0.2) is 36.7 Å². The molecule has 0 amide bonds. The molecule has 0 N–H and O–H groups in total. The molecule has 4 heteroatoms. The molecule has 1 aromatic heterocycles. The molecular formula is C14H10F3N. The minimum absolute atomic E-state index is 0.438. The van der Waals surface area contributed by atoms with Gasteiger partial charge in [-0.25, -0.2) is 0 Å². The maximum Gasteiger partial charge on any atom is 0.416 e. The van der Waals surface area contributed by atoms with Gasteiger partial charge < -0.3 is 0 Å². The van der Waals surface area contributed by atoms with E-state index in [1.54, 1.807) is 6.07 Å². The lowest BCUT2D eigenvalue weighted by Gasteiger charge is -2.09. The van der Waals surface area contributed by atoms with Crippen LogP contribution in [0.5, 0.6) is 0 Å². The van der Waals surface area contributed by atoms with Gasteiger partial charge in [0.15, 0.2) is 0 Å². The van der Waals surface area contributed by atoms with Crippen LogP contribution in [0.3, 0.4) is 0 Å². The van der Waals surface area contributed by atoms with Gasteiger partial charge in [0, 0.05) is 18.0 Å². The van der Waals surface area contributed by atoms with E-state index < -0.39 is 11.7 Å². The highest BCUT2D eigenvalue weighted by Gasteiger charge is 2.30. The van der Waals surface area contributed by atoms with Crippen LogP contribution in [0, 0.1) is 0 Å². The van der Waals surface area contributed by atoms with E-state index in [4.69, 9.17) is 0 Å². The summed E-state index contributed by atoms with van der Waals surface area (Å²) >= 11 is 0. The zero-order valence-corrected chi connectivity index (χ0v) is 9.46. The molecule has 0 fully saturated rings. The van der Waals surface area contributed by atoms with Gasteiger partial charge in [-0.05, 0) is 28.1 Å². The van der Waals surface area contributed by atoms with Crippen molar-refractivity contribution in [1.29, 1.82) is 0 Å². The second kappa shape index (κ2) is 4.29. The quantitative estimate of drug-likeness (QED) is 0.757. The molecule has 1 heterocycles. The minimum atomic E-state index is -4.35. The summed E-state index contributed by atoms with van der Waals surface area (Å²) in [5.74, 6) is 0. The summed E-state index contributed by atoms with van der Waals surface area (Å²) in [6.07, 6.45) is -1.33. The molecule has 0 aliphatic rings. The first kappa shape index (κ1) is 12.4. The normalized spacial score (nSPS) is 11.5. The number of aromatic nitrogens is 1. The monoisotopic (exact) mass is 249 g/mol. The summed E-state index contributed by atoms with van der Waals surface area (Å²) in [5.41, 5.74) is 0.315. The Labute approximate surface area is 102 Å². The van der Waals surface area contributed by atoms with Crippen LogP contribution >= 0.6 is 0 Å². The first-order chi connectivity index (χ1) is 8.39. The van der Waals surface area contributed by atoms with Gasteiger partial charge in [0.2, 0.25) is 0 Å². The molecule has 92 valence electrons. The lowest BCUT2D eigenvalue weighted by Crippen LogP contribution is -2.24. The second-order valence-electron chi connectivity index (χ2n) is 3.90. The zero-order valence-electron chi connectivity index (χ0n) is 9.46. The van der Waals surface area contributed by atoms with Crippen molar-refractivity contribution in [3.63, 3.8) is 0 Å². The molecule has 2 aromatic rings. The SMILES string of the molecule is C=c1cncc(-c2cccc(C(F)(F)F)c2)c1=C. The van der Waals surface area contributed by atoms with Gasteiger partial charge in [-0.15, -0.1) is 0 Å². The number of hydrogen-bond donors (Lipinski definition) is 0. The van der Waals surface area contributed by atoms with Crippen molar-refractivity contribution in [2.24, 2.45) is 0 Å². The molecule has 0 aliphatic heterocycles. The van der Waals surface area contributed by atoms with Crippen molar-refractivity contribution >= 4 is 13.2 Å². The Hall–Kier alpha value is -2.10. The van der Waals surface area contributed by atoms with Crippen LogP contribution < -0.4 is 10.4 Å². The summed E-state index contributed by atoms with van der Waals surface area (Å²) in [5, 5.41) is 1.19. The van der Waals surface area contributed by atoms with Crippen LogP contribution in [0.25, 0.3) is 24.3 Å². The molecule has 1 aromatic carbocycles. The molecule has 2 rings (SSSR count). The molecule has 0 radical (unpaired) electrons. The summed E-state index contributed by atoms with van der Waals surface area (Å²) in [4.78, 5) is 3.93. The molecule has 0 saturated carbocycles. The third-order valence-corrected chi connectivity index (χ3v) is 2.65. The number of pyridine rings is 1. The fourth-order valence-electron chi connectivity index (χ4n) is 1.64. The van der Waals surface area contributed by atoms with E-state index in [9.17, 15) is 13.2 Å². The lowest BCUT2D eigenvalue weighted by molar-refractivity contribution is -0.137. The Kier molecular flexibility index (Phi) is 2.95. The van der Waals surface area contributed by atoms with Crippen molar-refractivity contribution in [3.8, 4) is 11.1 Å². The average molecular weight is 249 g/mol. The standard InChI is InChI=1S/C14H10F3N/c1-9-7-18-8-13(10(9)2)11-4-3-5-12(6-11)14(15,16)17/h3-8H,1-2H2. The lowest BCUT2D eigenvalue weighted by atomic mass is 10.0. The predicted octanol–water partition coefficient (Wildman–Crippen LogP) is 2.59.